The molecule has 0 bridgehead atoms. The summed E-state index contributed by atoms with van der Waals surface area (Å²) < 4.78 is 3.50. The highest BCUT2D eigenvalue weighted by molar-refractivity contribution is 5.79. The van der Waals surface area contributed by atoms with Crippen LogP contribution in [0.3, 0.4) is 0 Å². The molecule has 0 radical (unpaired) electrons. The second kappa shape index (κ2) is 7.94. The molecule has 1 saturated heterocycles. The summed E-state index contributed by atoms with van der Waals surface area (Å²) in [4.78, 5) is 29.3. The summed E-state index contributed by atoms with van der Waals surface area (Å²) in [5, 5.41) is 4.51. The van der Waals surface area contributed by atoms with Crippen molar-refractivity contribution in [1.29, 1.82) is 0 Å². The fraction of sp³-hybridized carbons (Fsp3) is 0.842. The van der Waals surface area contributed by atoms with E-state index < -0.39 is 0 Å². The van der Waals surface area contributed by atoms with E-state index in [1.54, 1.807) is 4.68 Å². The van der Waals surface area contributed by atoms with Crippen LogP contribution in [0.4, 0.5) is 0 Å². The van der Waals surface area contributed by atoms with Gasteiger partial charge < -0.3 is 4.90 Å². The van der Waals surface area contributed by atoms with E-state index in [4.69, 9.17) is 0 Å². The highest BCUT2D eigenvalue weighted by Crippen LogP contribution is 2.26. The Kier molecular flexibility index (Phi) is 5.43. The van der Waals surface area contributed by atoms with Crippen LogP contribution in [0.2, 0.25) is 0 Å². The van der Waals surface area contributed by atoms with Gasteiger partial charge in [-0.05, 0) is 32.1 Å². The normalized spacial score (nSPS) is 21.9. The van der Waals surface area contributed by atoms with E-state index in [-0.39, 0.29) is 5.69 Å². The Hall–Kier alpha value is -1.63. The molecule has 2 aliphatic heterocycles. The minimum atomic E-state index is 0.0617. The van der Waals surface area contributed by atoms with Gasteiger partial charge in [0, 0.05) is 58.2 Å². The van der Waals surface area contributed by atoms with Crippen LogP contribution in [-0.2, 0) is 24.3 Å². The van der Waals surface area contributed by atoms with Gasteiger partial charge in [0.1, 0.15) is 5.82 Å². The molecule has 144 valence electrons. The number of hydrogen-bond acceptors (Lipinski definition) is 4. The molecule has 0 atom stereocenters. The van der Waals surface area contributed by atoms with E-state index >= 15 is 0 Å². The van der Waals surface area contributed by atoms with E-state index in [0.717, 1.165) is 83.6 Å². The number of amides is 1. The predicted molar refractivity (Wildman–Crippen MR) is 99.0 cm³/mol. The standard InChI is InChI=1S/C19H31N5O2/c25-18(16-6-1-2-7-16)22-14-12-21(13-15-22)9-5-11-24-19(26)23-10-4-3-8-17(23)20-24/h16H,1-15H2. The molecule has 26 heavy (non-hydrogen) atoms. The number of piperazine rings is 1. The van der Waals surface area contributed by atoms with Crippen molar-refractivity contribution in [2.45, 2.75) is 64.5 Å². The van der Waals surface area contributed by atoms with Gasteiger partial charge in [0.25, 0.3) is 0 Å². The topological polar surface area (TPSA) is 63.4 Å². The largest absolute Gasteiger partial charge is 0.345 e. The molecule has 1 aromatic rings. The van der Waals surface area contributed by atoms with Crippen LogP contribution >= 0.6 is 0 Å². The number of hydrogen-bond donors (Lipinski definition) is 0. The molecule has 3 aliphatic rings. The molecule has 3 heterocycles. The number of carbonyl (C=O) groups excluding carboxylic acids is 1. The molecular weight excluding hydrogens is 330 g/mol. The fourth-order valence-electron chi connectivity index (χ4n) is 4.66. The first-order valence-electron chi connectivity index (χ1n) is 10.4. The van der Waals surface area contributed by atoms with E-state index in [0.29, 0.717) is 18.4 Å². The van der Waals surface area contributed by atoms with Crippen molar-refractivity contribution in [1.82, 2.24) is 24.1 Å². The zero-order valence-corrected chi connectivity index (χ0v) is 15.7. The van der Waals surface area contributed by atoms with Crippen LogP contribution < -0.4 is 5.69 Å². The molecule has 7 nitrogen and oxygen atoms in total. The van der Waals surface area contributed by atoms with Crippen LogP contribution in [-0.4, -0.2) is 62.8 Å². The molecule has 7 heteroatoms. The highest BCUT2D eigenvalue weighted by Gasteiger charge is 2.29. The number of carbonyl (C=O) groups is 1. The first-order valence-corrected chi connectivity index (χ1v) is 10.4. The number of rotatable bonds is 5. The van der Waals surface area contributed by atoms with Gasteiger partial charge in [-0.1, -0.05) is 12.8 Å². The maximum absolute atomic E-state index is 12.5. The molecule has 1 amide bonds. The van der Waals surface area contributed by atoms with Crippen LogP contribution in [0.15, 0.2) is 4.79 Å². The molecule has 0 spiro atoms. The Morgan fingerprint density at radius 2 is 1.73 bits per heavy atom. The third-order valence-electron chi connectivity index (χ3n) is 6.26. The lowest BCUT2D eigenvalue weighted by Crippen LogP contribution is -2.50. The van der Waals surface area contributed by atoms with Gasteiger partial charge in [0.2, 0.25) is 5.91 Å². The van der Waals surface area contributed by atoms with Crippen molar-refractivity contribution in [2.24, 2.45) is 5.92 Å². The third-order valence-corrected chi connectivity index (χ3v) is 6.26. The Balaban J connectivity index is 1.21. The van der Waals surface area contributed by atoms with Crippen molar-refractivity contribution < 1.29 is 4.79 Å². The van der Waals surface area contributed by atoms with Crippen LogP contribution in [0.25, 0.3) is 0 Å². The molecule has 2 fully saturated rings. The zero-order valence-electron chi connectivity index (χ0n) is 15.7. The summed E-state index contributed by atoms with van der Waals surface area (Å²) in [7, 11) is 0. The number of aryl methyl sites for hydroxylation is 2. The van der Waals surface area contributed by atoms with Crippen molar-refractivity contribution in [3.63, 3.8) is 0 Å². The second-order valence-electron chi connectivity index (χ2n) is 8.03. The van der Waals surface area contributed by atoms with E-state index in [9.17, 15) is 9.59 Å². The number of aromatic nitrogens is 3. The lowest BCUT2D eigenvalue weighted by Gasteiger charge is -2.36. The van der Waals surface area contributed by atoms with Gasteiger partial charge in [-0.2, -0.15) is 5.10 Å². The summed E-state index contributed by atoms with van der Waals surface area (Å²) >= 11 is 0. The summed E-state index contributed by atoms with van der Waals surface area (Å²) in [6.07, 6.45) is 8.69. The minimum Gasteiger partial charge on any atom is -0.340 e. The van der Waals surface area contributed by atoms with Gasteiger partial charge >= 0.3 is 5.69 Å². The fourth-order valence-corrected chi connectivity index (χ4v) is 4.66. The van der Waals surface area contributed by atoms with Crippen molar-refractivity contribution >= 4 is 5.91 Å². The van der Waals surface area contributed by atoms with Crippen LogP contribution in [0.5, 0.6) is 0 Å². The Morgan fingerprint density at radius 1 is 0.962 bits per heavy atom. The lowest BCUT2D eigenvalue weighted by atomic mass is 10.1. The first kappa shape index (κ1) is 17.8. The molecule has 0 aromatic carbocycles. The average molecular weight is 361 g/mol. The van der Waals surface area contributed by atoms with Gasteiger partial charge in [-0.3, -0.25) is 14.3 Å². The molecular formula is C19H31N5O2. The quantitative estimate of drug-likeness (QED) is 0.788. The van der Waals surface area contributed by atoms with Gasteiger partial charge in [0.15, 0.2) is 0 Å². The van der Waals surface area contributed by atoms with Crippen molar-refractivity contribution in [3.05, 3.63) is 16.3 Å². The molecule has 4 rings (SSSR count). The Bertz CT molecular complexity index is 681. The summed E-state index contributed by atoms with van der Waals surface area (Å²) in [6, 6.07) is 0. The van der Waals surface area contributed by atoms with E-state index in [1.165, 1.54) is 12.8 Å². The first-order chi connectivity index (χ1) is 12.7. The maximum Gasteiger partial charge on any atom is 0.345 e. The monoisotopic (exact) mass is 361 g/mol. The van der Waals surface area contributed by atoms with Gasteiger partial charge in [0.05, 0.1) is 0 Å². The van der Waals surface area contributed by atoms with Crippen LogP contribution in [0.1, 0.15) is 50.8 Å². The summed E-state index contributed by atoms with van der Waals surface area (Å²) in [6.45, 7) is 6.10. The molecule has 1 aromatic heterocycles. The predicted octanol–water partition coefficient (Wildman–Crippen LogP) is 1.11. The number of nitrogens with zero attached hydrogens (tertiary/aromatic N) is 5. The van der Waals surface area contributed by atoms with Crippen LogP contribution in [0, 0.1) is 5.92 Å². The maximum atomic E-state index is 12.5. The third kappa shape index (κ3) is 3.72. The summed E-state index contributed by atoms with van der Waals surface area (Å²) in [5.74, 6) is 1.64. The molecule has 1 saturated carbocycles. The molecule has 1 aliphatic carbocycles. The highest BCUT2D eigenvalue weighted by atomic mass is 16.2. The zero-order chi connectivity index (χ0) is 17.9. The van der Waals surface area contributed by atoms with Crippen molar-refractivity contribution in [3.8, 4) is 0 Å². The Morgan fingerprint density at radius 3 is 2.46 bits per heavy atom. The molecule has 0 N–H and O–H groups in total. The Labute approximate surface area is 154 Å². The minimum absolute atomic E-state index is 0.0617. The lowest BCUT2D eigenvalue weighted by molar-refractivity contribution is -0.137. The van der Waals surface area contributed by atoms with E-state index in [2.05, 4.69) is 14.9 Å². The smallest absolute Gasteiger partial charge is 0.340 e. The number of fused-ring (bicyclic) bond motifs is 1. The SMILES string of the molecule is O=C(C1CCCC1)N1CCN(CCCn2nc3n(c2=O)CCCC3)CC1. The average Bonchev–Trinajstić information content (AvgIpc) is 3.31. The van der Waals surface area contributed by atoms with E-state index in [1.807, 2.05) is 4.57 Å². The van der Waals surface area contributed by atoms with Gasteiger partial charge in [-0.15, -0.1) is 0 Å². The second-order valence-corrected chi connectivity index (χ2v) is 8.03. The van der Waals surface area contributed by atoms with Gasteiger partial charge in [-0.25, -0.2) is 9.48 Å². The summed E-state index contributed by atoms with van der Waals surface area (Å²) in [5.41, 5.74) is 0.0617. The van der Waals surface area contributed by atoms with Crippen molar-refractivity contribution in [2.75, 3.05) is 32.7 Å². The molecule has 0 unspecified atom stereocenters.